The van der Waals surface area contributed by atoms with Crippen LogP contribution in [0.15, 0.2) is 4.79 Å². The van der Waals surface area contributed by atoms with E-state index in [0.717, 1.165) is 61.3 Å². The van der Waals surface area contributed by atoms with Gasteiger partial charge in [-0.05, 0) is 51.0 Å². The van der Waals surface area contributed by atoms with Gasteiger partial charge in [0.1, 0.15) is 10.7 Å². The van der Waals surface area contributed by atoms with E-state index in [2.05, 4.69) is 10.6 Å². The Hall–Kier alpha value is -1.44. The third-order valence-corrected chi connectivity index (χ3v) is 7.61. The molecule has 1 amide bonds. The summed E-state index contributed by atoms with van der Waals surface area (Å²) in [6.45, 7) is 2.64. The van der Waals surface area contributed by atoms with Crippen molar-refractivity contribution in [3.63, 3.8) is 0 Å². The zero-order valence-electron chi connectivity index (χ0n) is 16.1. The molecule has 2 atom stereocenters. The molecule has 2 aromatic heterocycles. The highest BCUT2D eigenvalue weighted by Gasteiger charge is 2.34. The predicted molar refractivity (Wildman–Crippen MR) is 114 cm³/mol. The maximum Gasteiger partial charge on any atom is 0.262 e. The lowest BCUT2D eigenvalue weighted by Gasteiger charge is -2.29. The lowest BCUT2D eigenvalue weighted by molar-refractivity contribution is 0.0927. The second-order valence-corrected chi connectivity index (χ2v) is 9.31. The molecule has 2 bridgehead atoms. The molecule has 0 aromatic carbocycles. The topological polar surface area (TPSA) is 76.0 Å². The summed E-state index contributed by atoms with van der Waals surface area (Å²) in [5.41, 5.74) is 0.825. The van der Waals surface area contributed by atoms with Crippen molar-refractivity contribution < 1.29 is 4.79 Å². The number of hydrogen-bond acceptors (Lipinski definition) is 5. The minimum absolute atomic E-state index is 0. The number of carbonyl (C=O) groups excluding carboxylic acids is 1. The molecule has 8 heteroatoms. The van der Waals surface area contributed by atoms with Gasteiger partial charge in [-0.1, -0.05) is 6.42 Å². The molecule has 0 aliphatic carbocycles. The lowest BCUT2D eigenvalue weighted by atomic mass is 9.99. The summed E-state index contributed by atoms with van der Waals surface area (Å²) in [6.07, 6.45) is 8.52. The third kappa shape index (κ3) is 3.37. The van der Waals surface area contributed by atoms with Crippen molar-refractivity contribution in [2.24, 2.45) is 0 Å². The number of thiophene rings is 1. The summed E-state index contributed by atoms with van der Waals surface area (Å²) in [5.74, 6) is 0.842. The maximum absolute atomic E-state index is 13.1. The Bertz CT molecular complexity index is 957. The Kier molecular flexibility index (Phi) is 5.51. The van der Waals surface area contributed by atoms with Gasteiger partial charge in [0, 0.05) is 31.1 Å². The molecular formula is C20H27ClN4O2S. The molecule has 28 heavy (non-hydrogen) atoms. The van der Waals surface area contributed by atoms with Gasteiger partial charge >= 0.3 is 0 Å². The standard InChI is InChI=1S/C20H26N4O2S.ClH/c1-11-16-19(23-15-5-3-2-4-8-24(15)20(16)26)27-17(11)18(25)22-14-9-12-6-7-13(10-14)21-12;/h12-14,21H,2-10H2,1H3,(H,22,25);1H. The van der Waals surface area contributed by atoms with Gasteiger partial charge in [0.25, 0.3) is 11.5 Å². The van der Waals surface area contributed by atoms with Gasteiger partial charge in [-0.3, -0.25) is 14.2 Å². The molecule has 0 radical (unpaired) electrons. The van der Waals surface area contributed by atoms with E-state index in [1.54, 1.807) is 0 Å². The van der Waals surface area contributed by atoms with Crippen LogP contribution in [0.2, 0.25) is 0 Å². The van der Waals surface area contributed by atoms with E-state index in [0.29, 0.717) is 22.3 Å². The third-order valence-electron chi connectivity index (χ3n) is 6.43. The van der Waals surface area contributed by atoms with Crippen LogP contribution in [0.5, 0.6) is 0 Å². The number of amides is 1. The van der Waals surface area contributed by atoms with E-state index in [1.807, 2.05) is 11.5 Å². The Morgan fingerprint density at radius 2 is 1.96 bits per heavy atom. The van der Waals surface area contributed by atoms with E-state index < -0.39 is 0 Å². The average Bonchev–Trinajstić information content (AvgIpc) is 3.04. The van der Waals surface area contributed by atoms with Crippen LogP contribution in [0.1, 0.15) is 66.0 Å². The number of fused-ring (bicyclic) bond motifs is 4. The van der Waals surface area contributed by atoms with Crippen molar-refractivity contribution in [1.29, 1.82) is 0 Å². The van der Waals surface area contributed by atoms with Crippen molar-refractivity contribution in [2.75, 3.05) is 0 Å². The van der Waals surface area contributed by atoms with Gasteiger partial charge < -0.3 is 10.6 Å². The second kappa shape index (κ2) is 7.76. The Labute approximate surface area is 174 Å². The Morgan fingerprint density at radius 1 is 1.21 bits per heavy atom. The zero-order valence-corrected chi connectivity index (χ0v) is 17.8. The monoisotopic (exact) mass is 422 g/mol. The van der Waals surface area contributed by atoms with Gasteiger partial charge in [-0.15, -0.1) is 23.7 Å². The minimum atomic E-state index is -0.0404. The number of nitrogens with zero attached hydrogens (tertiary/aromatic N) is 2. The highest BCUT2D eigenvalue weighted by molar-refractivity contribution is 7.20. The molecule has 0 saturated carbocycles. The Balaban J connectivity index is 0.00000192. The highest BCUT2D eigenvalue weighted by atomic mass is 35.5. The van der Waals surface area contributed by atoms with Crippen LogP contribution >= 0.6 is 23.7 Å². The Morgan fingerprint density at radius 3 is 2.71 bits per heavy atom. The zero-order chi connectivity index (χ0) is 18.5. The largest absolute Gasteiger partial charge is 0.348 e. The van der Waals surface area contributed by atoms with Crippen LogP contribution in [-0.4, -0.2) is 33.6 Å². The predicted octanol–water partition coefficient (Wildman–Crippen LogP) is 2.93. The summed E-state index contributed by atoms with van der Waals surface area (Å²) in [5, 5.41) is 7.48. The van der Waals surface area contributed by atoms with Crippen molar-refractivity contribution >= 4 is 39.9 Å². The molecule has 152 valence electrons. The van der Waals surface area contributed by atoms with Crippen molar-refractivity contribution in [3.8, 4) is 0 Å². The number of aromatic nitrogens is 2. The summed E-state index contributed by atoms with van der Waals surface area (Å²) >= 11 is 1.38. The van der Waals surface area contributed by atoms with Crippen molar-refractivity contribution in [1.82, 2.24) is 20.2 Å². The SMILES string of the molecule is Cc1c(C(=O)NC2CC3CCC(C2)N3)sc2nc3n(c(=O)c12)CCCCC3.Cl. The molecule has 2 saturated heterocycles. The van der Waals surface area contributed by atoms with E-state index in [9.17, 15) is 9.59 Å². The van der Waals surface area contributed by atoms with E-state index in [-0.39, 0.29) is 29.9 Å². The minimum Gasteiger partial charge on any atom is -0.348 e. The highest BCUT2D eigenvalue weighted by Crippen LogP contribution is 2.30. The molecule has 6 nitrogen and oxygen atoms in total. The molecule has 0 spiro atoms. The first-order valence-electron chi connectivity index (χ1n) is 10.2. The molecular weight excluding hydrogens is 396 g/mol. The number of carbonyl (C=O) groups is 1. The summed E-state index contributed by atoms with van der Waals surface area (Å²) in [4.78, 5) is 32.2. The van der Waals surface area contributed by atoms with E-state index in [4.69, 9.17) is 4.98 Å². The van der Waals surface area contributed by atoms with Crippen LogP contribution in [0, 0.1) is 6.92 Å². The normalized spacial score (nSPS) is 26.4. The fraction of sp³-hybridized carbons (Fsp3) is 0.650. The number of hydrogen-bond donors (Lipinski definition) is 2. The number of nitrogens with one attached hydrogen (secondary N) is 2. The summed E-state index contributed by atoms with van der Waals surface area (Å²) in [6, 6.07) is 1.31. The number of rotatable bonds is 2. The first-order valence-corrected chi connectivity index (χ1v) is 11.0. The van der Waals surface area contributed by atoms with Gasteiger partial charge in [0.15, 0.2) is 0 Å². The first-order chi connectivity index (χ1) is 13.1. The van der Waals surface area contributed by atoms with Crippen LogP contribution in [-0.2, 0) is 13.0 Å². The molecule has 3 aliphatic rings. The van der Waals surface area contributed by atoms with Gasteiger partial charge in [-0.2, -0.15) is 0 Å². The summed E-state index contributed by atoms with van der Waals surface area (Å²) < 4.78 is 1.83. The average molecular weight is 423 g/mol. The van der Waals surface area contributed by atoms with Crippen LogP contribution < -0.4 is 16.2 Å². The van der Waals surface area contributed by atoms with E-state index >= 15 is 0 Å². The van der Waals surface area contributed by atoms with E-state index in [1.165, 1.54) is 24.2 Å². The molecule has 2 unspecified atom stereocenters. The fourth-order valence-electron chi connectivity index (χ4n) is 5.05. The van der Waals surface area contributed by atoms with Crippen LogP contribution in [0.3, 0.4) is 0 Å². The van der Waals surface area contributed by atoms with Crippen LogP contribution in [0.25, 0.3) is 10.2 Å². The molecule has 2 N–H and O–H groups in total. The van der Waals surface area contributed by atoms with Crippen LogP contribution in [0.4, 0.5) is 0 Å². The van der Waals surface area contributed by atoms with Crippen molar-refractivity contribution in [2.45, 2.75) is 83.0 Å². The molecule has 5 rings (SSSR count). The smallest absolute Gasteiger partial charge is 0.262 e. The fourth-order valence-corrected chi connectivity index (χ4v) is 6.15. The summed E-state index contributed by atoms with van der Waals surface area (Å²) in [7, 11) is 0. The number of piperidine rings is 1. The quantitative estimate of drug-likeness (QED) is 0.780. The molecule has 2 fully saturated rings. The number of aryl methyl sites for hydroxylation is 2. The lowest BCUT2D eigenvalue weighted by Crippen LogP contribution is -2.48. The van der Waals surface area contributed by atoms with Gasteiger partial charge in [-0.25, -0.2) is 4.98 Å². The molecule has 3 aliphatic heterocycles. The first kappa shape index (κ1) is 19.9. The molecule has 5 heterocycles. The maximum atomic E-state index is 13.1. The molecule has 2 aromatic rings. The second-order valence-electron chi connectivity index (χ2n) is 8.31. The van der Waals surface area contributed by atoms with Crippen molar-refractivity contribution in [3.05, 3.63) is 26.6 Å². The van der Waals surface area contributed by atoms with Gasteiger partial charge in [0.05, 0.1) is 10.3 Å². The number of halogens is 1. The van der Waals surface area contributed by atoms with Gasteiger partial charge in [0.2, 0.25) is 0 Å².